The average molecular weight is 261 g/mol. The first-order valence-electron chi connectivity index (χ1n) is 7.56. The highest BCUT2D eigenvalue weighted by Crippen LogP contribution is 2.29. The summed E-state index contributed by atoms with van der Waals surface area (Å²) in [4.78, 5) is 6.90. The summed E-state index contributed by atoms with van der Waals surface area (Å²) in [5.74, 6) is 0.896. The van der Waals surface area contributed by atoms with Gasteiger partial charge >= 0.3 is 0 Å². The summed E-state index contributed by atoms with van der Waals surface area (Å²) in [6.45, 7) is 4.45. The highest BCUT2D eigenvalue weighted by Gasteiger charge is 2.22. The van der Waals surface area contributed by atoms with Gasteiger partial charge in [0.15, 0.2) is 0 Å². The average Bonchev–Trinajstić information content (AvgIpc) is 2.46. The molecule has 3 heteroatoms. The molecule has 3 nitrogen and oxygen atoms in total. The summed E-state index contributed by atoms with van der Waals surface area (Å²) in [6, 6.07) is 4.97. The number of hydrogen-bond acceptors (Lipinski definition) is 3. The van der Waals surface area contributed by atoms with Gasteiger partial charge in [0, 0.05) is 19.1 Å². The summed E-state index contributed by atoms with van der Waals surface area (Å²) in [7, 11) is 2.19. The zero-order chi connectivity index (χ0) is 13.8. The predicted octanol–water partition coefficient (Wildman–Crippen LogP) is 3.51. The van der Waals surface area contributed by atoms with E-state index in [0.717, 1.165) is 18.0 Å². The molecular formula is C16H27N3. The van der Waals surface area contributed by atoms with Crippen LogP contribution in [-0.2, 0) is 0 Å². The van der Waals surface area contributed by atoms with Crippen LogP contribution in [0.2, 0.25) is 0 Å². The van der Waals surface area contributed by atoms with E-state index < -0.39 is 0 Å². The highest BCUT2D eigenvalue weighted by atomic mass is 15.1. The van der Waals surface area contributed by atoms with E-state index in [1.807, 2.05) is 6.20 Å². The normalized spacial score (nSPS) is 25.1. The zero-order valence-electron chi connectivity index (χ0n) is 12.5. The lowest BCUT2D eigenvalue weighted by Gasteiger charge is -2.35. The number of anilines is 1. The number of pyridine rings is 1. The molecule has 1 aliphatic carbocycles. The van der Waals surface area contributed by atoms with Crippen LogP contribution in [-0.4, -0.2) is 18.1 Å². The number of rotatable bonds is 4. The molecule has 2 rings (SSSR count). The van der Waals surface area contributed by atoms with Gasteiger partial charge in [-0.25, -0.2) is 0 Å². The third kappa shape index (κ3) is 3.47. The first kappa shape index (κ1) is 14.3. The first-order valence-corrected chi connectivity index (χ1v) is 7.56. The Bertz CT molecular complexity index is 379. The molecule has 19 heavy (non-hydrogen) atoms. The fourth-order valence-corrected chi connectivity index (χ4v) is 2.88. The van der Waals surface area contributed by atoms with Crippen LogP contribution in [0, 0.1) is 5.92 Å². The molecule has 1 heterocycles. The van der Waals surface area contributed by atoms with Crippen molar-refractivity contribution in [1.82, 2.24) is 4.98 Å². The molecule has 0 saturated heterocycles. The van der Waals surface area contributed by atoms with Crippen LogP contribution in [0.4, 0.5) is 5.69 Å². The van der Waals surface area contributed by atoms with Gasteiger partial charge < -0.3 is 10.6 Å². The van der Waals surface area contributed by atoms with Crippen molar-refractivity contribution >= 4 is 5.69 Å². The van der Waals surface area contributed by atoms with Crippen molar-refractivity contribution in [3.05, 3.63) is 24.0 Å². The molecule has 1 aliphatic rings. The molecule has 0 unspecified atom stereocenters. The van der Waals surface area contributed by atoms with Crippen molar-refractivity contribution in [2.75, 3.05) is 11.9 Å². The summed E-state index contributed by atoms with van der Waals surface area (Å²) < 4.78 is 0. The van der Waals surface area contributed by atoms with Crippen molar-refractivity contribution in [3.63, 3.8) is 0 Å². The van der Waals surface area contributed by atoms with Crippen molar-refractivity contribution in [1.29, 1.82) is 0 Å². The van der Waals surface area contributed by atoms with Gasteiger partial charge in [-0.1, -0.05) is 13.8 Å². The minimum Gasteiger partial charge on any atom is -0.370 e. The Labute approximate surface area is 117 Å². The Morgan fingerprint density at radius 2 is 2.00 bits per heavy atom. The molecule has 0 aliphatic heterocycles. The number of nitrogens with zero attached hydrogens (tertiary/aromatic N) is 2. The fourth-order valence-electron chi connectivity index (χ4n) is 2.88. The zero-order valence-corrected chi connectivity index (χ0v) is 12.5. The third-order valence-corrected chi connectivity index (χ3v) is 4.53. The first-order chi connectivity index (χ1) is 9.11. The summed E-state index contributed by atoms with van der Waals surface area (Å²) in [6.07, 6.45) is 8.20. The lowest BCUT2D eigenvalue weighted by Crippen LogP contribution is -2.34. The molecule has 0 amide bonds. The van der Waals surface area contributed by atoms with E-state index in [1.54, 1.807) is 0 Å². The van der Waals surface area contributed by atoms with Crippen LogP contribution in [0.25, 0.3) is 0 Å². The maximum absolute atomic E-state index is 6.00. The molecule has 0 aromatic carbocycles. The maximum Gasteiger partial charge on any atom is 0.0572 e. The van der Waals surface area contributed by atoms with Gasteiger partial charge in [-0.05, 0) is 50.2 Å². The Balaban J connectivity index is 2.01. The van der Waals surface area contributed by atoms with E-state index in [9.17, 15) is 0 Å². The predicted molar refractivity (Wildman–Crippen MR) is 81.3 cm³/mol. The van der Waals surface area contributed by atoms with E-state index in [1.165, 1.54) is 31.4 Å². The van der Waals surface area contributed by atoms with E-state index in [0.29, 0.717) is 6.04 Å². The summed E-state index contributed by atoms with van der Waals surface area (Å²) >= 11 is 0. The number of hydrogen-bond donors (Lipinski definition) is 1. The maximum atomic E-state index is 6.00. The van der Waals surface area contributed by atoms with Gasteiger partial charge in [0.1, 0.15) is 0 Å². The summed E-state index contributed by atoms with van der Waals surface area (Å²) in [5, 5.41) is 0. The van der Waals surface area contributed by atoms with Crippen LogP contribution in [0.5, 0.6) is 0 Å². The molecule has 1 aromatic rings. The standard InChI is InChI=1S/C16H27N3/c1-4-15(17)16-10-9-14(11-18-16)19(3)13-7-5-12(2)6-8-13/h9-13,15H,4-8,17H2,1-3H3/t12?,13?,15-/m0/s1. The second-order valence-electron chi connectivity index (χ2n) is 5.98. The minimum atomic E-state index is 0.0647. The van der Waals surface area contributed by atoms with E-state index in [4.69, 9.17) is 5.73 Å². The summed E-state index contributed by atoms with van der Waals surface area (Å²) in [5.41, 5.74) is 8.21. The van der Waals surface area contributed by atoms with Crippen molar-refractivity contribution < 1.29 is 0 Å². The Kier molecular flexibility index (Phi) is 4.81. The number of nitrogens with two attached hydrogens (primary N) is 1. The molecule has 1 saturated carbocycles. The topological polar surface area (TPSA) is 42.1 Å². The van der Waals surface area contributed by atoms with Crippen molar-refractivity contribution in [3.8, 4) is 0 Å². The lowest BCUT2D eigenvalue weighted by molar-refractivity contribution is 0.340. The van der Waals surface area contributed by atoms with Crippen LogP contribution in [0.15, 0.2) is 18.3 Å². The molecule has 2 N–H and O–H groups in total. The number of aromatic nitrogens is 1. The fraction of sp³-hybridized carbons (Fsp3) is 0.688. The smallest absolute Gasteiger partial charge is 0.0572 e. The molecule has 106 valence electrons. The Hall–Kier alpha value is -1.09. The SMILES string of the molecule is CC[C@H](N)c1ccc(N(C)C2CCC(C)CC2)cn1. The van der Waals surface area contributed by atoms with Gasteiger partial charge in [-0.15, -0.1) is 0 Å². The Morgan fingerprint density at radius 1 is 1.32 bits per heavy atom. The second kappa shape index (κ2) is 6.38. The van der Waals surface area contributed by atoms with Gasteiger partial charge in [0.25, 0.3) is 0 Å². The molecule has 1 fully saturated rings. The minimum absolute atomic E-state index is 0.0647. The van der Waals surface area contributed by atoms with Crippen LogP contribution in [0.1, 0.15) is 57.7 Å². The monoisotopic (exact) mass is 261 g/mol. The van der Waals surface area contributed by atoms with Crippen molar-refractivity contribution in [2.45, 2.75) is 58.0 Å². The largest absolute Gasteiger partial charge is 0.370 e. The molecule has 0 bridgehead atoms. The molecule has 1 aromatic heterocycles. The second-order valence-corrected chi connectivity index (χ2v) is 5.98. The van der Waals surface area contributed by atoms with Crippen molar-refractivity contribution in [2.24, 2.45) is 11.7 Å². The Morgan fingerprint density at radius 3 is 2.53 bits per heavy atom. The van der Waals surface area contributed by atoms with Gasteiger partial charge in [-0.3, -0.25) is 4.98 Å². The molecular weight excluding hydrogens is 234 g/mol. The van der Waals surface area contributed by atoms with E-state index >= 15 is 0 Å². The highest BCUT2D eigenvalue weighted by molar-refractivity contribution is 5.45. The molecule has 0 radical (unpaired) electrons. The molecule has 0 spiro atoms. The van der Waals surface area contributed by atoms with Crippen LogP contribution in [0.3, 0.4) is 0 Å². The van der Waals surface area contributed by atoms with Crippen LogP contribution >= 0.6 is 0 Å². The lowest BCUT2D eigenvalue weighted by atomic mass is 9.86. The quantitative estimate of drug-likeness (QED) is 0.902. The van der Waals surface area contributed by atoms with E-state index in [2.05, 4.69) is 42.9 Å². The van der Waals surface area contributed by atoms with Gasteiger partial charge in [0.05, 0.1) is 17.6 Å². The third-order valence-electron chi connectivity index (χ3n) is 4.53. The van der Waals surface area contributed by atoms with E-state index in [-0.39, 0.29) is 6.04 Å². The van der Waals surface area contributed by atoms with Crippen LogP contribution < -0.4 is 10.6 Å². The van der Waals surface area contributed by atoms with Gasteiger partial charge in [-0.2, -0.15) is 0 Å². The van der Waals surface area contributed by atoms with Gasteiger partial charge in [0.2, 0.25) is 0 Å². The molecule has 1 atom stereocenters.